The Morgan fingerprint density at radius 3 is 2.61 bits per heavy atom. The molecular formula is C26H35N3O2. The molecule has 1 N–H and O–H groups in total. The molecule has 1 heterocycles. The molecule has 5 heteroatoms. The molecule has 31 heavy (non-hydrogen) atoms. The number of aryl methyl sites for hydroxylation is 1. The average molecular weight is 422 g/mol. The number of rotatable bonds is 12. The van der Waals surface area contributed by atoms with Crippen molar-refractivity contribution >= 4 is 16.9 Å². The van der Waals surface area contributed by atoms with Gasteiger partial charge in [0.05, 0.1) is 24.2 Å². The van der Waals surface area contributed by atoms with Gasteiger partial charge in [-0.25, -0.2) is 4.98 Å². The lowest BCUT2D eigenvalue weighted by Crippen LogP contribution is -2.24. The number of unbranched alkanes of at least 4 members (excludes halogenated alkanes) is 1. The van der Waals surface area contributed by atoms with Crippen molar-refractivity contribution in [2.24, 2.45) is 0 Å². The number of nitrogens with one attached hydrogen (secondary N) is 1. The normalized spacial score (nSPS) is 12.1. The van der Waals surface area contributed by atoms with Crippen molar-refractivity contribution in [2.45, 2.75) is 71.9 Å². The van der Waals surface area contributed by atoms with Crippen molar-refractivity contribution < 1.29 is 9.53 Å². The van der Waals surface area contributed by atoms with Crippen LogP contribution in [-0.4, -0.2) is 22.1 Å². The Bertz CT molecular complexity index is 962. The molecule has 0 spiro atoms. The molecule has 0 bridgehead atoms. The van der Waals surface area contributed by atoms with Crippen LogP contribution in [0.4, 0.5) is 0 Å². The molecule has 1 aromatic heterocycles. The summed E-state index contributed by atoms with van der Waals surface area (Å²) in [6.45, 7) is 8.49. The molecule has 0 saturated heterocycles. The van der Waals surface area contributed by atoms with Crippen molar-refractivity contribution in [1.29, 1.82) is 0 Å². The van der Waals surface area contributed by atoms with E-state index in [0.717, 1.165) is 54.8 Å². The summed E-state index contributed by atoms with van der Waals surface area (Å²) < 4.78 is 8.16. The number of fused-ring (bicyclic) bond motifs is 1. The number of nitrogens with zero attached hydrogens (tertiary/aromatic N) is 2. The molecular weight excluding hydrogens is 386 g/mol. The molecule has 3 aromatic rings. The van der Waals surface area contributed by atoms with Crippen molar-refractivity contribution in [2.75, 3.05) is 6.61 Å². The number of imidazole rings is 1. The van der Waals surface area contributed by atoms with Gasteiger partial charge in [-0.3, -0.25) is 4.79 Å². The molecule has 166 valence electrons. The highest BCUT2D eigenvalue weighted by Gasteiger charge is 2.11. The molecule has 3 rings (SSSR count). The summed E-state index contributed by atoms with van der Waals surface area (Å²) in [4.78, 5) is 16.6. The van der Waals surface area contributed by atoms with Gasteiger partial charge in [0.25, 0.3) is 0 Å². The van der Waals surface area contributed by atoms with E-state index in [2.05, 4.69) is 54.1 Å². The van der Waals surface area contributed by atoms with E-state index < -0.39 is 0 Å². The Balaban J connectivity index is 1.53. The maximum Gasteiger partial charge on any atom is 0.220 e. The second kappa shape index (κ2) is 11.5. The van der Waals surface area contributed by atoms with Crippen LogP contribution < -0.4 is 10.1 Å². The number of hydrogen-bond donors (Lipinski definition) is 1. The van der Waals surface area contributed by atoms with E-state index in [9.17, 15) is 4.79 Å². The number of aromatic nitrogens is 2. The summed E-state index contributed by atoms with van der Waals surface area (Å²) in [5, 5.41) is 2.99. The van der Waals surface area contributed by atoms with Crippen LogP contribution in [0, 0.1) is 0 Å². The third kappa shape index (κ3) is 6.33. The zero-order valence-electron chi connectivity index (χ0n) is 19.1. The largest absolute Gasteiger partial charge is 0.494 e. The first-order valence-electron chi connectivity index (χ1n) is 11.6. The molecule has 0 aliphatic heterocycles. The monoisotopic (exact) mass is 421 g/mol. The van der Waals surface area contributed by atoms with E-state index in [1.54, 1.807) is 0 Å². The summed E-state index contributed by atoms with van der Waals surface area (Å²) in [6.07, 6.45) is 4.49. The number of hydrogen-bond acceptors (Lipinski definition) is 3. The van der Waals surface area contributed by atoms with Gasteiger partial charge in [0.15, 0.2) is 0 Å². The van der Waals surface area contributed by atoms with Crippen LogP contribution in [0.5, 0.6) is 5.75 Å². The molecule has 0 radical (unpaired) electrons. The molecule has 0 aliphatic carbocycles. The highest BCUT2D eigenvalue weighted by atomic mass is 16.5. The van der Waals surface area contributed by atoms with E-state index >= 15 is 0 Å². The van der Waals surface area contributed by atoms with Crippen molar-refractivity contribution in [3.63, 3.8) is 0 Å². The Kier molecular flexibility index (Phi) is 8.51. The van der Waals surface area contributed by atoms with Gasteiger partial charge in [0.2, 0.25) is 5.91 Å². The summed E-state index contributed by atoms with van der Waals surface area (Å²) in [6, 6.07) is 16.6. The quantitative estimate of drug-likeness (QED) is 0.375. The fraction of sp³-hybridized carbons (Fsp3) is 0.462. The van der Waals surface area contributed by atoms with Crippen molar-refractivity contribution in [3.05, 3.63) is 59.9 Å². The van der Waals surface area contributed by atoms with Gasteiger partial charge in [-0.2, -0.15) is 0 Å². The van der Waals surface area contributed by atoms with Crippen LogP contribution >= 0.6 is 0 Å². The number of amides is 1. The number of benzene rings is 2. The van der Waals surface area contributed by atoms with E-state index in [0.29, 0.717) is 25.5 Å². The third-order valence-electron chi connectivity index (χ3n) is 5.76. The minimum absolute atomic E-state index is 0.0776. The van der Waals surface area contributed by atoms with Gasteiger partial charge >= 0.3 is 0 Å². The van der Waals surface area contributed by atoms with Gasteiger partial charge in [-0.15, -0.1) is 0 Å². The van der Waals surface area contributed by atoms with Crippen molar-refractivity contribution in [1.82, 2.24) is 14.9 Å². The summed E-state index contributed by atoms with van der Waals surface area (Å²) in [5.41, 5.74) is 3.45. The molecule has 0 fully saturated rings. The second-order valence-corrected chi connectivity index (χ2v) is 8.13. The maximum absolute atomic E-state index is 11.9. The molecule has 1 atom stereocenters. The molecule has 0 saturated carbocycles. The third-order valence-corrected chi connectivity index (χ3v) is 5.76. The fourth-order valence-electron chi connectivity index (χ4n) is 3.69. The topological polar surface area (TPSA) is 56.2 Å². The van der Waals surface area contributed by atoms with E-state index in [1.807, 2.05) is 25.1 Å². The van der Waals surface area contributed by atoms with Gasteiger partial charge in [-0.1, -0.05) is 45.0 Å². The van der Waals surface area contributed by atoms with Crippen LogP contribution in [0.3, 0.4) is 0 Å². The predicted molar refractivity (Wildman–Crippen MR) is 126 cm³/mol. The molecule has 2 aromatic carbocycles. The molecule has 0 aliphatic rings. The van der Waals surface area contributed by atoms with Crippen LogP contribution in [0.2, 0.25) is 0 Å². The first-order valence-corrected chi connectivity index (χ1v) is 11.6. The minimum Gasteiger partial charge on any atom is -0.494 e. The number of ether oxygens (including phenoxy) is 1. The van der Waals surface area contributed by atoms with Crippen LogP contribution in [0.1, 0.15) is 70.2 Å². The summed E-state index contributed by atoms with van der Waals surface area (Å²) in [5.74, 6) is 2.50. The standard InChI is InChI=1S/C26H35N3O2/c1-4-10-26(30)27-19-25-28-23-11-6-7-12-24(23)29(25)17-8-9-18-31-22-15-13-21(14-16-22)20(3)5-2/h6-7,11-16,20H,4-5,8-10,17-19H2,1-3H3,(H,27,30). The fourth-order valence-corrected chi connectivity index (χ4v) is 3.69. The minimum atomic E-state index is 0.0776. The van der Waals surface area contributed by atoms with Crippen LogP contribution in [0.15, 0.2) is 48.5 Å². The highest BCUT2D eigenvalue weighted by Crippen LogP contribution is 2.22. The Labute approximate surface area is 185 Å². The Morgan fingerprint density at radius 2 is 1.87 bits per heavy atom. The van der Waals surface area contributed by atoms with Crippen LogP contribution in [0.25, 0.3) is 11.0 Å². The lowest BCUT2D eigenvalue weighted by atomic mass is 9.99. The van der Waals surface area contributed by atoms with Gasteiger partial charge in [-0.05, 0) is 61.4 Å². The molecule has 1 unspecified atom stereocenters. The first-order chi connectivity index (χ1) is 15.1. The van der Waals surface area contributed by atoms with Crippen LogP contribution in [-0.2, 0) is 17.9 Å². The lowest BCUT2D eigenvalue weighted by molar-refractivity contribution is -0.121. The Morgan fingerprint density at radius 1 is 1.10 bits per heavy atom. The predicted octanol–water partition coefficient (Wildman–Crippen LogP) is 5.83. The smallest absolute Gasteiger partial charge is 0.220 e. The number of carbonyl (C=O) groups is 1. The first kappa shape index (κ1) is 22.9. The summed E-state index contributed by atoms with van der Waals surface area (Å²) >= 11 is 0. The highest BCUT2D eigenvalue weighted by molar-refractivity contribution is 5.77. The Hall–Kier alpha value is -2.82. The zero-order valence-corrected chi connectivity index (χ0v) is 19.1. The van der Waals surface area contributed by atoms with E-state index in [-0.39, 0.29) is 5.91 Å². The van der Waals surface area contributed by atoms with Gasteiger partial charge in [0.1, 0.15) is 11.6 Å². The number of carbonyl (C=O) groups excluding carboxylic acids is 1. The zero-order chi connectivity index (χ0) is 22.1. The second-order valence-electron chi connectivity index (χ2n) is 8.13. The van der Waals surface area contributed by atoms with E-state index in [4.69, 9.17) is 9.72 Å². The van der Waals surface area contributed by atoms with Gasteiger partial charge in [0, 0.05) is 13.0 Å². The SMILES string of the molecule is CCCC(=O)NCc1nc2ccccc2n1CCCCOc1ccc(C(C)CC)cc1. The maximum atomic E-state index is 11.9. The molecule has 5 nitrogen and oxygen atoms in total. The average Bonchev–Trinajstić information content (AvgIpc) is 3.15. The van der Waals surface area contributed by atoms with Gasteiger partial charge < -0.3 is 14.6 Å². The van der Waals surface area contributed by atoms with E-state index in [1.165, 1.54) is 5.56 Å². The summed E-state index contributed by atoms with van der Waals surface area (Å²) in [7, 11) is 0. The lowest BCUT2D eigenvalue weighted by Gasteiger charge is -2.12. The number of para-hydroxylation sites is 2. The van der Waals surface area contributed by atoms with Crippen molar-refractivity contribution in [3.8, 4) is 5.75 Å². The molecule has 1 amide bonds.